The molecule has 0 unspecified atom stereocenters. The van der Waals surface area contributed by atoms with Gasteiger partial charge in [0.05, 0.1) is 5.69 Å². The van der Waals surface area contributed by atoms with Crippen molar-refractivity contribution in [1.29, 1.82) is 0 Å². The Labute approximate surface area is 120 Å². The average molecular weight is 311 g/mol. The maximum atomic E-state index is 12.2. The molecule has 2 aromatic rings. The Morgan fingerprint density at radius 2 is 2.15 bits per heavy atom. The largest absolute Gasteiger partial charge is 0.308 e. The molecule has 0 bridgehead atoms. The molecule has 0 fully saturated rings. The predicted molar refractivity (Wildman–Crippen MR) is 77.0 cm³/mol. The van der Waals surface area contributed by atoms with Gasteiger partial charge in [-0.15, -0.1) is 11.3 Å². The van der Waals surface area contributed by atoms with Gasteiger partial charge in [-0.3, -0.25) is 4.72 Å². The fourth-order valence-corrected chi connectivity index (χ4v) is 4.26. The quantitative estimate of drug-likeness (QED) is 0.576. The first-order chi connectivity index (χ1) is 9.58. The van der Waals surface area contributed by atoms with Crippen LogP contribution in [-0.2, 0) is 22.9 Å². The van der Waals surface area contributed by atoms with Crippen LogP contribution in [0.15, 0.2) is 23.2 Å². The van der Waals surface area contributed by atoms with Crippen molar-refractivity contribution in [2.24, 2.45) is 5.84 Å². The second-order valence-corrected chi connectivity index (χ2v) is 7.14. The first-order valence-electron chi connectivity index (χ1n) is 6.02. The van der Waals surface area contributed by atoms with Crippen molar-refractivity contribution in [2.45, 2.75) is 24.2 Å². The predicted octanol–water partition coefficient (Wildman–Crippen LogP) is 1.11. The first kappa shape index (κ1) is 13.3. The van der Waals surface area contributed by atoms with E-state index in [1.54, 1.807) is 0 Å². The summed E-state index contributed by atoms with van der Waals surface area (Å²) < 4.78 is 26.9. The smallest absolute Gasteiger partial charge is 0.265 e. The number of fused-ring (bicyclic) bond motifs is 1. The Hall–Kier alpha value is -1.71. The number of sulfonamides is 1. The van der Waals surface area contributed by atoms with E-state index in [0.29, 0.717) is 10.9 Å². The Morgan fingerprint density at radius 3 is 2.80 bits per heavy atom. The van der Waals surface area contributed by atoms with Crippen molar-refractivity contribution < 1.29 is 8.42 Å². The zero-order valence-corrected chi connectivity index (χ0v) is 12.1. The minimum Gasteiger partial charge on any atom is -0.308 e. The molecule has 0 aromatic carbocycles. The van der Waals surface area contributed by atoms with Crippen molar-refractivity contribution in [1.82, 2.24) is 9.97 Å². The summed E-state index contributed by atoms with van der Waals surface area (Å²) in [6, 6.07) is 2.93. The lowest BCUT2D eigenvalue weighted by Crippen LogP contribution is -2.14. The van der Waals surface area contributed by atoms with Crippen LogP contribution in [0.4, 0.5) is 10.9 Å². The maximum Gasteiger partial charge on any atom is 0.265 e. The lowest BCUT2D eigenvalue weighted by Gasteiger charge is -2.05. The van der Waals surface area contributed by atoms with Crippen molar-refractivity contribution in [3.63, 3.8) is 0 Å². The lowest BCUT2D eigenvalue weighted by atomic mass is 10.4. The molecule has 3 rings (SSSR count). The number of nitrogens with two attached hydrogens (primary N) is 1. The molecule has 1 aliphatic carbocycles. The van der Waals surface area contributed by atoms with Crippen LogP contribution in [0.1, 0.15) is 17.0 Å². The van der Waals surface area contributed by atoms with Crippen molar-refractivity contribution >= 4 is 32.3 Å². The minimum absolute atomic E-state index is 0.0758. The summed E-state index contributed by atoms with van der Waals surface area (Å²) in [6.07, 6.45) is 4.25. The zero-order valence-electron chi connectivity index (χ0n) is 10.5. The molecule has 0 aliphatic heterocycles. The Morgan fingerprint density at radius 1 is 1.30 bits per heavy atom. The number of rotatable bonds is 4. The third-order valence-electron chi connectivity index (χ3n) is 3.01. The number of hydrogen-bond donors (Lipinski definition) is 3. The first-order valence-corrected chi connectivity index (χ1v) is 8.32. The summed E-state index contributed by atoms with van der Waals surface area (Å²) in [5.41, 5.74) is 3.35. The summed E-state index contributed by atoms with van der Waals surface area (Å²) in [5, 5.41) is 0.413. The monoisotopic (exact) mass is 311 g/mol. The van der Waals surface area contributed by atoms with Gasteiger partial charge >= 0.3 is 0 Å². The maximum absolute atomic E-state index is 12.2. The number of anilines is 2. The highest BCUT2D eigenvalue weighted by Crippen LogP contribution is 2.31. The third-order valence-corrected chi connectivity index (χ3v) is 5.54. The highest BCUT2D eigenvalue weighted by atomic mass is 32.2. The molecule has 0 spiro atoms. The lowest BCUT2D eigenvalue weighted by molar-refractivity contribution is 0.601. The van der Waals surface area contributed by atoms with E-state index < -0.39 is 10.0 Å². The number of aryl methyl sites for hydroxylation is 2. The Kier molecular flexibility index (Phi) is 3.32. The molecular weight excluding hydrogens is 298 g/mol. The van der Waals surface area contributed by atoms with Crippen LogP contribution in [-0.4, -0.2) is 18.4 Å². The summed E-state index contributed by atoms with van der Waals surface area (Å²) >= 11 is 1.40. The molecule has 7 nitrogen and oxygen atoms in total. The highest BCUT2D eigenvalue weighted by molar-refractivity contribution is 7.93. The van der Waals surface area contributed by atoms with Crippen LogP contribution in [0.5, 0.6) is 0 Å². The minimum atomic E-state index is -3.66. The fourth-order valence-electron chi connectivity index (χ4n) is 2.03. The summed E-state index contributed by atoms with van der Waals surface area (Å²) in [7, 11) is -3.66. The highest BCUT2D eigenvalue weighted by Gasteiger charge is 2.21. The van der Waals surface area contributed by atoms with Crippen LogP contribution < -0.4 is 16.0 Å². The molecule has 4 N–H and O–H groups in total. The summed E-state index contributed by atoms with van der Waals surface area (Å²) in [4.78, 5) is 9.44. The number of thiazole rings is 1. The van der Waals surface area contributed by atoms with Gasteiger partial charge in [-0.05, 0) is 31.4 Å². The molecule has 106 valence electrons. The van der Waals surface area contributed by atoms with Crippen LogP contribution in [0.2, 0.25) is 0 Å². The van der Waals surface area contributed by atoms with E-state index in [2.05, 4.69) is 20.1 Å². The Balaban J connectivity index is 1.83. The molecule has 1 aliphatic rings. The van der Waals surface area contributed by atoms with Gasteiger partial charge in [0.2, 0.25) is 0 Å². The molecule has 9 heteroatoms. The SMILES string of the molecule is NNc1ccc(S(=O)(=O)Nc2nc3c(s2)CCC3)cn1. The van der Waals surface area contributed by atoms with Gasteiger partial charge in [0.15, 0.2) is 5.13 Å². The number of nitrogens with zero attached hydrogens (tertiary/aromatic N) is 2. The van der Waals surface area contributed by atoms with E-state index >= 15 is 0 Å². The molecule has 0 atom stereocenters. The summed E-state index contributed by atoms with van der Waals surface area (Å²) in [5.74, 6) is 5.59. The number of hydrogen-bond acceptors (Lipinski definition) is 7. The number of aromatic nitrogens is 2. The van der Waals surface area contributed by atoms with Gasteiger partial charge in [-0.2, -0.15) is 0 Å². The Bertz CT molecular complexity index is 702. The molecule has 0 saturated carbocycles. The van der Waals surface area contributed by atoms with Gasteiger partial charge in [-0.25, -0.2) is 24.2 Å². The van der Waals surface area contributed by atoms with Gasteiger partial charge in [0.1, 0.15) is 10.7 Å². The standard InChI is InChI=1S/C11H13N5O2S2/c12-15-10-5-4-7(6-13-10)20(17,18)16-11-14-8-2-1-3-9(8)19-11/h4-6H,1-3,12H2,(H,13,15)(H,14,16). The van der Waals surface area contributed by atoms with Crippen LogP contribution in [0.3, 0.4) is 0 Å². The molecular formula is C11H13N5O2S2. The molecule has 20 heavy (non-hydrogen) atoms. The van der Waals surface area contributed by atoms with Crippen LogP contribution in [0, 0.1) is 0 Å². The third kappa shape index (κ3) is 2.47. The topological polar surface area (TPSA) is 110 Å². The normalized spacial score (nSPS) is 14.1. The van der Waals surface area contributed by atoms with Gasteiger partial charge < -0.3 is 5.43 Å². The number of nitrogens with one attached hydrogen (secondary N) is 2. The molecule has 2 aromatic heterocycles. The molecule has 0 radical (unpaired) electrons. The van der Waals surface area contributed by atoms with Gasteiger partial charge in [0.25, 0.3) is 10.0 Å². The molecule has 2 heterocycles. The van der Waals surface area contributed by atoms with Gasteiger partial charge in [-0.1, -0.05) is 0 Å². The number of pyridine rings is 1. The summed E-state index contributed by atoms with van der Waals surface area (Å²) in [6.45, 7) is 0. The van der Waals surface area contributed by atoms with E-state index in [4.69, 9.17) is 5.84 Å². The number of nitrogen functional groups attached to an aromatic ring is 1. The van der Waals surface area contributed by atoms with E-state index in [9.17, 15) is 8.42 Å². The van der Waals surface area contributed by atoms with Crippen molar-refractivity contribution in [2.75, 3.05) is 10.1 Å². The van der Waals surface area contributed by atoms with Crippen LogP contribution in [0.25, 0.3) is 0 Å². The molecule has 0 saturated heterocycles. The zero-order chi connectivity index (χ0) is 14.2. The molecule has 0 amide bonds. The number of hydrazine groups is 1. The van der Waals surface area contributed by atoms with E-state index in [0.717, 1.165) is 25.0 Å². The van der Waals surface area contributed by atoms with Gasteiger partial charge in [0, 0.05) is 11.1 Å². The van der Waals surface area contributed by atoms with E-state index in [1.807, 2.05) is 0 Å². The van der Waals surface area contributed by atoms with Crippen molar-refractivity contribution in [3.8, 4) is 0 Å². The average Bonchev–Trinajstić information content (AvgIpc) is 2.99. The van der Waals surface area contributed by atoms with E-state index in [1.165, 1.54) is 34.5 Å². The van der Waals surface area contributed by atoms with Crippen molar-refractivity contribution in [3.05, 3.63) is 28.9 Å². The van der Waals surface area contributed by atoms with E-state index in [-0.39, 0.29) is 4.90 Å². The fraction of sp³-hybridized carbons (Fsp3) is 0.273. The second-order valence-electron chi connectivity index (χ2n) is 4.37. The second kappa shape index (κ2) is 5.00. The van der Waals surface area contributed by atoms with Crippen LogP contribution >= 0.6 is 11.3 Å².